The van der Waals surface area contributed by atoms with Crippen LogP contribution in [0.1, 0.15) is 17.5 Å². The van der Waals surface area contributed by atoms with E-state index in [-0.39, 0.29) is 29.9 Å². The van der Waals surface area contributed by atoms with E-state index in [1.807, 2.05) is 49.1 Å². The number of carbonyl (C=O) groups is 2. The minimum absolute atomic E-state index is 0.0184. The normalized spacial score (nSPS) is 19.7. The molecule has 2 aromatic rings. The Hall–Kier alpha value is -3.02. The molecule has 6 heteroatoms. The molecule has 0 aliphatic carbocycles. The molecule has 0 spiro atoms. The van der Waals surface area contributed by atoms with Gasteiger partial charge in [0.2, 0.25) is 11.8 Å². The van der Waals surface area contributed by atoms with E-state index >= 15 is 0 Å². The third-order valence-electron chi connectivity index (χ3n) is 6.15. The summed E-state index contributed by atoms with van der Waals surface area (Å²) in [4.78, 5) is 31.4. The number of aryl methyl sites for hydroxylation is 1. The summed E-state index contributed by atoms with van der Waals surface area (Å²) in [6, 6.07) is 13.2. The summed E-state index contributed by atoms with van der Waals surface area (Å²) in [5.41, 5.74) is 3.95. The SMILES string of the molecule is Cc1cccc(N2CC(C(=O)N3CCN(c4ccccc4O)CC3)CC2=O)c1C. The Morgan fingerprint density at radius 3 is 2.38 bits per heavy atom. The van der Waals surface area contributed by atoms with Gasteiger partial charge in [-0.25, -0.2) is 0 Å². The lowest BCUT2D eigenvalue weighted by Gasteiger charge is -2.37. The number of rotatable bonds is 3. The van der Waals surface area contributed by atoms with Gasteiger partial charge >= 0.3 is 0 Å². The Morgan fingerprint density at radius 1 is 0.966 bits per heavy atom. The zero-order chi connectivity index (χ0) is 20.5. The molecule has 0 aromatic heterocycles. The van der Waals surface area contributed by atoms with Crippen LogP contribution in [0.3, 0.4) is 0 Å². The Kier molecular flexibility index (Phi) is 5.18. The third kappa shape index (κ3) is 3.67. The van der Waals surface area contributed by atoms with Crippen LogP contribution in [0.4, 0.5) is 11.4 Å². The van der Waals surface area contributed by atoms with Crippen molar-refractivity contribution in [2.24, 2.45) is 5.92 Å². The standard InChI is InChI=1S/C23H27N3O3/c1-16-6-5-8-19(17(16)2)26-15-18(14-22(26)28)23(29)25-12-10-24(11-13-25)20-7-3-4-9-21(20)27/h3-9,18,27H,10-15H2,1-2H3. The molecule has 2 saturated heterocycles. The minimum Gasteiger partial charge on any atom is -0.506 e. The molecule has 2 aliphatic heterocycles. The van der Waals surface area contributed by atoms with E-state index in [0.29, 0.717) is 32.7 Å². The quantitative estimate of drug-likeness (QED) is 0.871. The van der Waals surface area contributed by atoms with Gasteiger partial charge in [-0.3, -0.25) is 9.59 Å². The molecular weight excluding hydrogens is 366 g/mol. The van der Waals surface area contributed by atoms with Crippen LogP contribution in [0, 0.1) is 19.8 Å². The molecule has 2 amide bonds. The maximum atomic E-state index is 13.1. The number of benzene rings is 2. The molecule has 2 aliphatic rings. The fraction of sp³-hybridized carbons (Fsp3) is 0.391. The highest BCUT2D eigenvalue weighted by Gasteiger charge is 2.38. The highest BCUT2D eigenvalue weighted by atomic mass is 16.3. The van der Waals surface area contributed by atoms with Crippen molar-refractivity contribution in [1.82, 2.24) is 4.90 Å². The molecule has 2 fully saturated rings. The summed E-state index contributed by atoms with van der Waals surface area (Å²) in [6.07, 6.45) is 0.270. The Balaban J connectivity index is 1.40. The second kappa shape index (κ2) is 7.78. The van der Waals surface area contributed by atoms with E-state index in [1.165, 1.54) is 0 Å². The maximum Gasteiger partial charge on any atom is 0.228 e. The summed E-state index contributed by atoms with van der Waals surface area (Å²) in [6.45, 7) is 7.04. The fourth-order valence-corrected chi connectivity index (χ4v) is 4.29. The van der Waals surface area contributed by atoms with E-state index in [4.69, 9.17) is 0 Å². The van der Waals surface area contributed by atoms with Crippen molar-refractivity contribution in [2.45, 2.75) is 20.3 Å². The van der Waals surface area contributed by atoms with Gasteiger partial charge in [0.25, 0.3) is 0 Å². The van der Waals surface area contributed by atoms with Gasteiger partial charge in [-0.05, 0) is 43.2 Å². The predicted molar refractivity (Wildman–Crippen MR) is 113 cm³/mol. The molecule has 29 heavy (non-hydrogen) atoms. The number of hydrogen-bond donors (Lipinski definition) is 1. The van der Waals surface area contributed by atoms with Crippen molar-refractivity contribution in [3.05, 3.63) is 53.6 Å². The van der Waals surface area contributed by atoms with Crippen molar-refractivity contribution in [3.63, 3.8) is 0 Å². The number of carbonyl (C=O) groups excluding carboxylic acids is 2. The molecule has 0 bridgehead atoms. The van der Waals surface area contributed by atoms with Crippen LogP contribution in [0.25, 0.3) is 0 Å². The summed E-state index contributed by atoms with van der Waals surface area (Å²) in [7, 11) is 0. The largest absolute Gasteiger partial charge is 0.506 e. The lowest BCUT2D eigenvalue weighted by atomic mass is 10.1. The number of phenolic OH excluding ortho intramolecular Hbond substituents is 1. The van der Waals surface area contributed by atoms with E-state index < -0.39 is 0 Å². The smallest absolute Gasteiger partial charge is 0.228 e. The van der Waals surface area contributed by atoms with Crippen LogP contribution in [-0.2, 0) is 9.59 Å². The second-order valence-corrected chi connectivity index (χ2v) is 7.93. The third-order valence-corrected chi connectivity index (χ3v) is 6.15. The topological polar surface area (TPSA) is 64.1 Å². The van der Waals surface area contributed by atoms with Crippen LogP contribution >= 0.6 is 0 Å². The lowest BCUT2D eigenvalue weighted by Crippen LogP contribution is -2.50. The van der Waals surface area contributed by atoms with Crippen molar-refractivity contribution in [3.8, 4) is 5.75 Å². The number of hydrogen-bond acceptors (Lipinski definition) is 4. The summed E-state index contributed by atoms with van der Waals surface area (Å²) in [5, 5.41) is 10.1. The second-order valence-electron chi connectivity index (χ2n) is 7.93. The molecule has 0 radical (unpaired) electrons. The first kappa shape index (κ1) is 19.3. The Morgan fingerprint density at radius 2 is 1.66 bits per heavy atom. The van der Waals surface area contributed by atoms with Crippen molar-refractivity contribution >= 4 is 23.2 Å². The molecular formula is C23H27N3O3. The number of amides is 2. The lowest BCUT2D eigenvalue weighted by molar-refractivity contribution is -0.136. The molecule has 1 unspecified atom stereocenters. The number of anilines is 2. The number of piperazine rings is 1. The van der Waals surface area contributed by atoms with Gasteiger partial charge in [0, 0.05) is 44.8 Å². The number of para-hydroxylation sites is 2. The monoisotopic (exact) mass is 393 g/mol. The highest BCUT2D eigenvalue weighted by Crippen LogP contribution is 2.31. The van der Waals surface area contributed by atoms with Crippen molar-refractivity contribution < 1.29 is 14.7 Å². The van der Waals surface area contributed by atoms with Gasteiger partial charge in [-0.1, -0.05) is 24.3 Å². The molecule has 2 aromatic carbocycles. The Labute approximate surface area is 171 Å². The van der Waals surface area contributed by atoms with E-state index in [1.54, 1.807) is 17.0 Å². The van der Waals surface area contributed by atoms with Gasteiger partial charge < -0.3 is 19.8 Å². The van der Waals surface area contributed by atoms with Crippen LogP contribution in [0.2, 0.25) is 0 Å². The van der Waals surface area contributed by atoms with Gasteiger partial charge in [-0.2, -0.15) is 0 Å². The predicted octanol–water partition coefficient (Wildman–Crippen LogP) is 2.71. The molecule has 1 N–H and O–H groups in total. The minimum atomic E-state index is -0.293. The zero-order valence-corrected chi connectivity index (χ0v) is 17.0. The van der Waals surface area contributed by atoms with E-state index in [0.717, 1.165) is 22.5 Å². The summed E-state index contributed by atoms with van der Waals surface area (Å²) in [5.74, 6) is 0.0462. The first-order valence-corrected chi connectivity index (χ1v) is 10.1. The summed E-state index contributed by atoms with van der Waals surface area (Å²) < 4.78 is 0. The van der Waals surface area contributed by atoms with Crippen LogP contribution < -0.4 is 9.80 Å². The number of nitrogens with zero attached hydrogens (tertiary/aromatic N) is 3. The molecule has 6 nitrogen and oxygen atoms in total. The molecule has 152 valence electrons. The van der Waals surface area contributed by atoms with Crippen LogP contribution in [0.15, 0.2) is 42.5 Å². The number of phenols is 1. The summed E-state index contributed by atoms with van der Waals surface area (Å²) >= 11 is 0. The highest BCUT2D eigenvalue weighted by molar-refractivity contribution is 6.01. The average molecular weight is 393 g/mol. The number of aromatic hydroxyl groups is 1. The Bertz CT molecular complexity index is 935. The van der Waals surface area contributed by atoms with Crippen LogP contribution in [-0.4, -0.2) is 54.5 Å². The molecule has 4 rings (SSSR count). The van der Waals surface area contributed by atoms with E-state index in [2.05, 4.69) is 4.90 Å². The fourth-order valence-electron chi connectivity index (χ4n) is 4.29. The molecule has 2 heterocycles. The molecule has 0 saturated carbocycles. The maximum absolute atomic E-state index is 13.1. The van der Waals surface area contributed by atoms with Crippen molar-refractivity contribution in [2.75, 3.05) is 42.5 Å². The first-order valence-electron chi connectivity index (χ1n) is 10.1. The van der Waals surface area contributed by atoms with Crippen molar-refractivity contribution in [1.29, 1.82) is 0 Å². The van der Waals surface area contributed by atoms with Gasteiger partial charge in [0.15, 0.2) is 0 Å². The first-order chi connectivity index (χ1) is 14.0. The van der Waals surface area contributed by atoms with Gasteiger partial charge in [-0.15, -0.1) is 0 Å². The molecule has 1 atom stereocenters. The van der Waals surface area contributed by atoms with Gasteiger partial charge in [0.05, 0.1) is 11.6 Å². The van der Waals surface area contributed by atoms with Gasteiger partial charge in [0.1, 0.15) is 5.75 Å². The van der Waals surface area contributed by atoms with E-state index in [9.17, 15) is 14.7 Å². The average Bonchev–Trinajstić information content (AvgIpc) is 3.11. The zero-order valence-electron chi connectivity index (χ0n) is 17.0. The van der Waals surface area contributed by atoms with Crippen LogP contribution in [0.5, 0.6) is 5.75 Å².